The van der Waals surface area contributed by atoms with Gasteiger partial charge in [-0.2, -0.15) is 4.68 Å². The fourth-order valence-electron chi connectivity index (χ4n) is 3.45. The quantitative estimate of drug-likeness (QED) is 0.481. The van der Waals surface area contributed by atoms with Crippen LogP contribution in [0.5, 0.6) is 0 Å². The number of thioether (sulfide) groups is 1. The molecule has 0 fully saturated rings. The SMILES string of the molecule is Cc1ccc([C@H]2CC(=O)n3nc(-c4cccc5ccccc45)nc3S2)cc1. The van der Waals surface area contributed by atoms with Gasteiger partial charge in [0.15, 0.2) is 11.0 Å². The zero-order chi connectivity index (χ0) is 18.4. The molecule has 1 atom stereocenters. The van der Waals surface area contributed by atoms with Gasteiger partial charge >= 0.3 is 0 Å². The number of carbonyl (C=O) groups is 1. The molecular formula is C22H17N3OS. The first-order valence-electron chi connectivity index (χ1n) is 8.91. The highest BCUT2D eigenvalue weighted by Gasteiger charge is 2.30. The van der Waals surface area contributed by atoms with Crippen molar-refractivity contribution in [3.05, 3.63) is 77.9 Å². The summed E-state index contributed by atoms with van der Waals surface area (Å²) in [5.41, 5.74) is 3.32. The fraction of sp³-hybridized carbons (Fsp3) is 0.136. The molecule has 0 amide bonds. The maximum atomic E-state index is 12.7. The van der Waals surface area contributed by atoms with Gasteiger partial charge in [0.25, 0.3) is 5.91 Å². The van der Waals surface area contributed by atoms with Crippen LogP contribution >= 0.6 is 11.8 Å². The smallest absolute Gasteiger partial charge is 0.250 e. The van der Waals surface area contributed by atoms with Crippen molar-refractivity contribution in [1.29, 1.82) is 0 Å². The second-order valence-corrected chi connectivity index (χ2v) is 7.94. The lowest BCUT2D eigenvalue weighted by atomic mass is 10.0. The van der Waals surface area contributed by atoms with E-state index in [1.807, 2.05) is 24.3 Å². The second kappa shape index (κ2) is 6.35. The summed E-state index contributed by atoms with van der Waals surface area (Å²) in [4.78, 5) is 17.4. The van der Waals surface area contributed by atoms with Crippen molar-refractivity contribution < 1.29 is 4.79 Å². The number of hydrogen-bond acceptors (Lipinski definition) is 4. The molecule has 0 spiro atoms. The monoisotopic (exact) mass is 371 g/mol. The Morgan fingerprint density at radius 2 is 1.78 bits per heavy atom. The highest BCUT2D eigenvalue weighted by atomic mass is 32.2. The van der Waals surface area contributed by atoms with E-state index >= 15 is 0 Å². The van der Waals surface area contributed by atoms with E-state index in [9.17, 15) is 4.79 Å². The van der Waals surface area contributed by atoms with Crippen LogP contribution in [-0.4, -0.2) is 20.7 Å². The van der Waals surface area contributed by atoms with Crippen molar-refractivity contribution in [1.82, 2.24) is 14.8 Å². The Morgan fingerprint density at radius 1 is 1.00 bits per heavy atom. The van der Waals surface area contributed by atoms with Gasteiger partial charge in [-0.1, -0.05) is 84.1 Å². The van der Waals surface area contributed by atoms with Crippen molar-refractivity contribution >= 4 is 28.4 Å². The molecule has 5 heteroatoms. The van der Waals surface area contributed by atoms with Gasteiger partial charge in [-0.15, -0.1) is 5.10 Å². The molecule has 5 rings (SSSR count). The van der Waals surface area contributed by atoms with Gasteiger partial charge in [-0.25, -0.2) is 4.98 Å². The van der Waals surface area contributed by atoms with E-state index in [0.29, 0.717) is 17.4 Å². The molecule has 0 unspecified atom stereocenters. The lowest BCUT2D eigenvalue weighted by molar-refractivity contribution is 0.0868. The molecule has 0 saturated heterocycles. The van der Waals surface area contributed by atoms with Crippen LogP contribution in [0.15, 0.2) is 71.9 Å². The Labute approximate surface area is 161 Å². The molecule has 0 aliphatic carbocycles. The Hall–Kier alpha value is -2.92. The largest absolute Gasteiger partial charge is 0.272 e. The zero-order valence-electron chi connectivity index (χ0n) is 14.8. The number of rotatable bonds is 2. The molecule has 4 nitrogen and oxygen atoms in total. The molecular weight excluding hydrogens is 354 g/mol. The third-order valence-electron chi connectivity index (χ3n) is 4.90. The van der Waals surface area contributed by atoms with E-state index in [2.05, 4.69) is 54.5 Å². The highest BCUT2D eigenvalue weighted by Crippen LogP contribution is 2.42. The highest BCUT2D eigenvalue weighted by molar-refractivity contribution is 7.99. The maximum absolute atomic E-state index is 12.7. The van der Waals surface area contributed by atoms with E-state index in [-0.39, 0.29) is 11.2 Å². The van der Waals surface area contributed by atoms with Gasteiger partial charge < -0.3 is 0 Å². The third-order valence-corrected chi connectivity index (χ3v) is 6.10. The van der Waals surface area contributed by atoms with E-state index in [0.717, 1.165) is 21.9 Å². The summed E-state index contributed by atoms with van der Waals surface area (Å²) in [7, 11) is 0. The van der Waals surface area contributed by atoms with E-state index in [1.54, 1.807) is 11.8 Å². The molecule has 0 saturated carbocycles. The number of carbonyl (C=O) groups excluding carboxylic acids is 1. The summed E-state index contributed by atoms with van der Waals surface area (Å²) >= 11 is 1.61. The van der Waals surface area contributed by atoms with E-state index in [1.165, 1.54) is 10.2 Å². The normalized spacial score (nSPS) is 16.5. The number of hydrogen-bond donors (Lipinski definition) is 0. The van der Waals surface area contributed by atoms with Gasteiger partial charge in [0.05, 0.1) is 0 Å². The van der Waals surface area contributed by atoms with Crippen molar-refractivity contribution in [2.24, 2.45) is 0 Å². The van der Waals surface area contributed by atoms with Gasteiger partial charge in [0.1, 0.15) is 0 Å². The second-order valence-electron chi connectivity index (χ2n) is 6.77. The van der Waals surface area contributed by atoms with E-state index < -0.39 is 0 Å². The molecule has 1 aromatic heterocycles. The van der Waals surface area contributed by atoms with Crippen LogP contribution in [0.25, 0.3) is 22.2 Å². The summed E-state index contributed by atoms with van der Waals surface area (Å²) < 4.78 is 1.46. The standard InChI is InChI=1S/C22H17N3OS/c1-14-9-11-16(12-10-14)19-13-20(26)25-22(27-19)23-21(24-25)18-8-4-6-15-5-2-3-7-17(15)18/h2-12,19H,13H2,1H3/t19-/m1/s1. The molecule has 2 heterocycles. The molecule has 3 aromatic carbocycles. The Kier molecular flexibility index (Phi) is 3.83. The average Bonchev–Trinajstić information content (AvgIpc) is 3.13. The summed E-state index contributed by atoms with van der Waals surface area (Å²) in [5.74, 6) is 0.598. The van der Waals surface area contributed by atoms with Crippen molar-refractivity contribution in [3.63, 3.8) is 0 Å². The minimum Gasteiger partial charge on any atom is -0.272 e. The predicted octanol–water partition coefficient (Wildman–Crippen LogP) is 5.28. The van der Waals surface area contributed by atoms with Gasteiger partial charge in [-0.3, -0.25) is 4.79 Å². The molecule has 0 bridgehead atoms. The first-order chi connectivity index (χ1) is 13.2. The first-order valence-corrected chi connectivity index (χ1v) is 9.78. The Morgan fingerprint density at radius 3 is 2.63 bits per heavy atom. The number of aryl methyl sites for hydroxylation is 1. The zero-order valence-corrected chi connectivity index (χ0v) is 15.6. The average molecular weight is 371 g/mol. The van der Waals surface area contributed by atoms with Crippen LogP contribution in [-0.2, 0) is 0 Å². The van der Waals surface area contributed by atoms with Crippen LogP contribution in [0.4, 0.5) is 0 Å². The maximum Gasteiger partial charge on any atom is 0.250 e. The van der Waals surface area contributed by atoms with Crippen molar-refractivity contribution in [2.45, 2.75) is 23.8 Å². The molecule has 132 valence electrons. The molecule has 27 heavy (non-hydrogen) atoms. The fourth-order valence-corrected chi connectivity index (χ4v) is 4.61. The summed E-state index contributed by atoms with van der Waals surface area (Å²) in [6, 6.07) is 22.6. The molecule has 4 aromatic rings. The van der Waals surface area contributed by atoms with Gasteiger partial charge in [0.2, 0.25) is 0 Å². The van der Waals surface area contributed by atoms with Gasteiger partial charge in [-0.05, 0) is 23.3 Å². The number of aromatic nitrogens is 3. The molecule has 0 N–H and O–H groups in total. The molecule has 1 aliphatic heterocycles. The summed E-state index contributed by atoms with van der Waals surface area (Å²) in [6.45, 7) is 2.07. The summed E-state index contributed by atoms with van der Waals surface area (Å²) in [6.07, 6.45) is 0.430. The topological polar surface area (TPSA) is 47.8 Å². The lowest BCUT2D eigenvalue weighted by Crippen LogP contribution is -2.20. The predicted molar refractivity (Wildman–Crippen MR) is 108 cm³/mol. The molecule has 0 radical (unpaired) electrons. The third kappa shape index (κ3) is 2.84. The van der Waals surface area contributed by atoms with Crippen LogP contribution in [0.2, 0.25) is 0 Å². The lowest BCUT2D eigenvalue weighted by Gasteiger charge is -2.20. The summed E-state index contributed by atoms with van der Waals surface area (Å²) in [5, 5.41) is 7.51. The Bertz CT molecular complexity index is 1160. The van der Waals surface area contributed by atoms with Crippen LogP contribution in [0, 0.1) is 6.92 Å². The van der Waals surface area contributed by atoms with Crippen molar-refractivity contribution in [2.75, 3.05) is 0 Å². The van der Waals surface area contributed by atoms with Gasteiger partial charge in [0, 0.05) is 17.2 Å². The number of nitrogens with zero attached hydrogens (tertiary/aromatic N) is 3. The minimum absolute atomic E-state index is 0.00619. The minimum atomic E-state index is -0.00619. The Balaban J connectivity index is 1.56. The van der Waals surface area contributed by atoms with Crippen LogP contribution in [0.1, 0.15) is 27.6 Å². The van der Waals surface area contributed by atoms with Crippen LogP contribution < -0.4 is 0 Å². The van der Waals surface area contributed by atoms with E-state index in [4.69, 9.17) is 4.98 Å². The van der Waals surface area contributed by atoms with Crippen LogP contribution in [0.3, 0.4) is 0 Å². The number of fused-ring (bicyclic) bond motifs is 2. The first kappa shape index (κ1) is 16.3. The van der Waals surface area contributed by atoms with Crippen molar-refractivity contribution in [3.8, 4) is 11.4 Å². The molecule has 1 aliphatic rings. The number of benzene rings is 3.